The number of rotatable bonds is 5. The number of nitrogens with one attached hydrogen (secondary N) is 1. The lowest BCUT2D eigenvalue weighted by molar-refractivity contribution is 0.0449. The van der Waals surface area contributed by atoms with Crippen molar-refractivity contribution >= 4 is 17.7 Å². The largest absolute Gasteiger partial charge is 0.338 e. The molecule has 5 fully saturated rings. The minimum Gasteiger partial charge on any atom is -0.338 e. The number of carbonyl (C=O) groups excluding carboxylic acids is 3. The highest BCUT2D eigenvalue weighted by atomic mass is 16.2. The molecule has 3 amide bonds. The van der Waals surface area contributed by atoms with Gasteiger partial charge in [-0.2, -0.15) is 0 Å². The molecule has 11 heteroatoms. The Morgan fingerprint density at radius 2 is 0.626 bits per heavy atom. The second-order valence-electron chi connectivity index (χ2n) is 57.0. The van der Waals surface area contributed by atoms with E-state index in [0.29, 0.717) is 28.7 Å². The molecule has 2 unspecified atom stereocenters. The molecule has 6 aromatic carbocycles. The van der Waals surface area contributed by atoms with E-state index in [-0.39, 0.29) is 83.1 Å². The normalized spacial score (nSPS) is 20.3. The molecular weight excluding hydrogens is 1700 g/mol. The van der Waals surface area contributed by atoms with Gasteiger partial charge >= 0.3 is 0 Å². The molecule has 139 heavy (non-hydrogen) atoms. The summed E-state index contributed by atoms with van der Waals surface area (Å²) in [5.41, 5.74) is 24.2. The quantitative estimate of drug-likeness (QED) is 0.182. The number of aromatic nitrogens is 1. The zero-order valence-electron chi connectivity index (χ0n) is 96.8. The zero-order chi connectivity index (χ0) is 105. The predicted octanol–water partition coefficient (Wildman–Crippen LogP) is 31.8. The number of amides is 3. The van der Waals surface area contributed by atoms with Gasteiger partial charge in [-0.3, -0.25) is 34.1 Å². The number of carbonyl (C=O) groups is 3. The summed E-state index contributed by atoms with van der Waals surface area (Å²) in [5, 5.41) is 3.64. The van der Waals surface area contributed by atoms with Crippen LogP contribution in [0.25, 0.3) is 0 Å². The van der Waals surface area contributed by atoms with Crippen LogP contribution in [0.2, 0.25) is 0 Å². The van der Waals surface area contributed by atoms with Gasteiger partial charge in [-0.15, -0.1) is 0 Å². The number of hydrogen-bond donors (Lipinski definition) is 1. The molecule has 14 rings (SSSR count). The van der Waals surface area contributed by atoms with Gasteiger partial charge in [0.05, 0.1) is 0 Å². The van der Waals surface area contributed by atoms with Crippen LogP contribution < -0.4 is 5.32 Å². The molecule has 7 aliphatic rings. The molecule has 2 atom stereocenters. The molecule has 1 N–H and O–H groups in total. The molecule has 5 aliphatic heterocycles. The van der Waals surface area contributed by atoms with Crippen LogP contribution in [0.4, 0.5) is 0 Å². The number of fused-ring (bicyclic) bond motifs is 2. The molecule has 11 nitrogen and oxygen atoms in total. The highest BCUT2D eigenvalue weighted by Crippen LogP contribution is 2.47. The topological polar surface area (TPSA) is 95.6 Å². The number of benzene rings is 6. The van der Waals surface area contributed by atoms with Crippen molar-refractivity contribution in [3.05, 3.63) is 241 Å². The van der Waals surface area contributed by atoms with Crippen molar-refractivity contribution < 1.29 is 14.4 Å². The van der Waals surface area contributed by atoms with E-state index in [2.05, 4.69) is 426 Å². The fraction of sp³-hybridized carbons (Fsp3) is 0.656. The molecule has 7 aromatic rings. The Morgan fingerprint density at radius 1 is 0.281 bits per heavy atom. The Kier molecular flexibility index (Phi) is 38.7. The van der Waals surface area contributed by atoms with E-state index >= 15 is 0 Å². The Balaban J connectivity index is 0.000000199. The van der Waals surface area contributed by atoms with Gasteiger partial charge in [0, 0.05) is 142 Å². The Labute approximate surface area is 852 Å². The number of nitrogens with zero attached hydrogens (tertiary/aromatic N) is 7. The van der Waals surface area contributed by atoms with Crippen LogP contribution in [-0.4, -0.2) is 134 Å². The van der Waals surface area contributed by atoms with Crippen LogP contribution >= 0.6 is 0 Å². The van der Waals surface area contributed by atoms with Crippen LogP contribution in [0.1, 0.15) is 470 Å². The fourth-order valence-corrected chi connectivity index (χ4v) is 20.5. The maximum atomic E-state index is 12.7. The van der Waals surface area contributed by atoms with Crippen LogP contribution in [0.3, 0.4) is 0 Å². The zero-order valence-corrected chi connectivity index (χ0v) is 96.8. The third-order valence-corrected chi connectivity index (χ3v) is 31.4. The minimum atomic E-state index is 0.0707. The SMILES string of the molecule is CC(C)(C)c1ccc(C(=O)N2CCC(C(C)(C)C)C2)cc1.CC(C)(C)c1ccc(C(=O)N2CCN(C(C)(C)C)CC2)cc1.CC(C)(C)c1ccc(C2CCC(C(C)(C)C)CC2)cc1.CC(C)(C)c1ccc(C2CCC(C(C)(C)C)CC2)nc1.CC(C)(C)c1ccc2c(c1)CN(C(C)(C)C)C2.CC(C)(C)c1ccc2c(c1)CNC2C(C)(C)C.CC(C)(C)c1cccc(C(=O)N2CCN(C(C)(C)C)CC2)c1. The third kappa shape index (κ3) is 34.5. The van der Waals surface area contributed by atoms with Gasteiger partial charge in [-0.05, 0) is 313 Å². The lowest BCUT2D eigenvalue weighted by Crippen LogP contribution is -2.54. The predicted molar refractivity (Wildman–Crippen MR) is 598 cm³/mol. The van der Waals surface area contributed by atoms with Crippen molar-refractivity contribution in [1.82, 2.24) is 39.7 Å². The average Bonchev–Trinajstić information content (AvgIpc) is 1.63. The molecule has 772 valence electrons. The maximum Gasteiger partial charge on any atom is 0.253 e. The van der Waals surface area contributed by atoms with Gasteiger partial charge in [0.1, 0.15) is 0 Å². The number of pyridine rings is 1. The summed E-state index contributed by atoms with van der Waals surface area (Å²) in [6, 6.07) is 52.8. The van der Waals surface area contributed by atoms with Crippen LogP contribution in [0, 0.1) is 39.4 Å². The molecular formula is C128H202N8O3. The van der Waals surface area contributed by atoms with E-state index in [9.17, 15) is 14.4 Å². The first-order valence-corrected chi connectivity index (χ1v) is 54.0. The molecule has 3 saturated heterocycles. The van der Waals surface area contributed by atoms with Gasteiger partial charge in [-0.1, -0.05) is 332 Å². The van der Waals surface area contributed by atoms with Crippen LogP contribution in [0.15, 0.2) is 152 Å². The molecule has 1 aromatic heterocycles. The second kappa shape index (κ2) is 46.0. The molecule has 0 radical (unpaired) electrons. The van der Waals surface area contributed by atoms with Gasteiger partial charge < -0.3 is 20.0 Å². The molecule has 0 spiro atoms. The second-order valence-corrected chi connectivity index (χ2v) is 57.0. The molecule has 2 aliphatic carbocycles. The summed E-state index contributed by atoms with van der Waals surface area (Å²) in [4.78, 5) is 56.2. The molecule has 2 saturated carbocycles. The van der Waals surface area contributed by atoms with E-state index in [1.54, 1.807) is 5.56 Å². The Hall–Kier alpha value is -7.28. The van der Waals surface area contributed by atoms with Gasteiger partial charge in [0.15, 0.2) is 0 Å². The minimum absolute atomic E-state index is 0.0707. The van der Waals surface area contributed by atoms with E-state index in [4.69, 9.17) is 4.98 Å². The molecule has 0 bridgehead atoms. The van der Waals surface area contributed by atoms with Gasteiger partial charge in [-0.25, -0.2) is 0 Å². The third-order valence-electron chi connectivity index (χ3n) is 31.4. The summed E-state index contributed by atoms with van der Waals surface area (Å²) < 4.78 is 0. The number of hydrogen-bond acceptors (Lipinski definition) is 8. The highest BCUT2D eigenvalue weighted by Gasteiger charge is 2.39. The van der Waals surface area contributed by atoms with E-state index in [1.165, 1.54) is 118 Å². The summed E-state index contributed by atoms with van der Waals surface area (Å²) in [6.45, 7) is 107. The first-order chi connectivity index (χ1) is 63.5. The van der Waals surface area contributed by atoms with Crippen molar-refractivity contribution in [3.8, 4) is 0 Å². The number of likely N-dealkylation sites (tertiary alicyclic amines) is 1. The van der Waals surface area contributed by atoms with Gasteiger partial charge in [0.25, 0.3) is 17.7 Å². The van der Waals surface area contributed by atoms with Crippen molar-refractivity contribution in [2.75, 3.05) is 65.4 Å². The molecule has 6 heterocycles. The smallest absolute Gasteiger partial charge is 0.253 e. The Bertz CT molecular complexity index is 4930. The van der Waals surface area contributed by atoms with Gasteiger partial charge in [0.2, 0.25) is 0 Å². The van der Waals surface area contributed by atoms with E-state index in [0.717, 1.165) is 126 Å². The van der Waals surface area contributed by atoms with Crippen molar-refractivity contribution in [1.29, 1.82) is 0 Å². The summed E-state index contributed by atoms with van der Waals surface area (Å²) >= 11 is 0. The van der Waals surface area contributed by atoms with E-state index in [1.807, 2.05) is 51.1 Å². The standard InChI is InChI=1S/C20H32.2C19H30N2O.C19H29NO.C19H31N.2C16H25N/c1-19(2,3)17-11-7-15(8-12-17)16-9-13-18(14-10-16)20(4,5)6;1-18(2,3)16-9-7-15(8-10-16)17(22)20-11-13-21(14-12-20)19(4,5)6;1-18(2,3)16-9-7-8-15(14-16)17(22)20-10-12-21(13-11-20)19(4,5)6;1-18(2,3)15-9-7-14(8-10-15)17(21)20-12-11-16(13-20)19(4,5)6;1-18(2,3)15-9-7-14(8-10-15)17-12-11-16(13-20-17)19(4,5)6;1-15(2,3)14-8-7-12-10-17(16(4,5)6)11-13(12)9-14;1-15(2,3)12-7-8-13-11(9-12)10-17-14(13)16(4,5)6/h7-8,11-12,16,18H,9-10,13-14H2,1-6H3;7-10H,11-14H2,1-6H3;7-9,14H,10-13H2,1-6H3;7-10,16H,11-13H2,1-6H3;11-15H,7-10H2,1-6H3;7-9H,10-11H2,1-6H3;7-9,14,17H,10H2,1-6H3. The number of piperazine rings is 2. The van der Waals surface area contributed by atoms with Crippen molar-refractivity contribution in [2.45, 2.75) is 441 Å². The summed E-state index contributed by atoms with van der Waals surface area (Å²) in [5.74, 6) is 4.39. The summed E-state index contributed by atoms with van der Waals surface area (Å²) in [7, 11) is 0. The lowest BCUT2D eigenvalue weighted by atomic mass is 9.68. The fourth-order valence-electron chi connectivity index (χ4n) is 20.5. The average molecular weight is 1900 g/mol. The highest BCUT2D eigenvalue weighted by molar-refractivity contribution is 5.95. The summed E-state index contributed by atoms with van der Waals surface area (Å²) in [6.07, 6.45) is 14.1. The maximum absolute atomic E-state index is 12.7. The first kappa shape index (κ1) is 117. The van der Waals surface area contributed by atoms with Crippen molar-refractivity contribution in [3.63, 3.8) is 0 Å². The lowest BCUT2D eigenvalue weighted by Gasteiger charge is -2.42. The van der Waals surface area contributed by atoms with Crippen LogP contribution in [0.5, 0.6) is 0 Å². The van der Waals surface area contributed by atoms with Crippen molar-refractivity contribution in [2.24, 2.45) is 39.4 Å². The Morgan fingerprint density at radius 3 is 0.993 bits per heavy atom. The van der Waals surface area contributed by atoms with E-state index < -0.39 is 0 Å². The first-order valence-electron chi connectivity index (χ1n) is 54.0. The monoisotopic (exact) mass is 1900 g/mol. The van der Waals surface area contributed by atoms with Crippen LogP contribution in [-0.2, 0) is 57.5 Å².